The van der Waals surface area contributed by atoms with Gasteiger partial charge in [-0.05, 0) is 25.7 Å². The van der Waals surface area contributed by atoms with Crippen LogP contribution >= 0.6 is 0 Å². The summed E-state index contributed by atoms with van der Waals surface area (Å²) >= 11 is 0. The molecule has 2 N–H and O–H groups in total. The van der Waals surface area contributed by atoms with E-state index >= 15 is 0 Å². The molecule has 0 spiro atoms. The molecule has 0 radical (unpaired) electrons. The van der Waals surface area contributed by atoms with Gasteiger partial charge in [0.15, 0.2) is 0 Å². The lowest BCUT2D eigenvalue weighted by Crippen LogP contribution is -2.31. The number of amides is 2. The molecule has 2 aliphatic carbocycles. The highest BCUT2D eigenvalue weighted by molar-refractivity contribution is 5.92. The van der Waals surface area contributed by atoms with Crippen LogP contribution in [0, 0.1) is 11.8 Å². The fourth-order valence-electron chi connectivity index (χ4n) is 2.03. The van der Waals surface area contributed by atoms with Gasteiger partial charge in [-0.25, -0.2) is 0 Å². The maximum Gasteiger partial charge on any atom is 0.224 e. The minimum absolute atomic E-state index is 0.0539. The molecule has 17 heavy (non-hydrogen) atoms. The van der Waals surface area contributed by atoms with E-state index in [1.54, 1.807) is 0 Å². The van der Waals surface area contributed by atoms with Crippen molar-refractivity contribution in [2.75, 3.05) is 6.54 Å². The van der Waals surface area contributed by atoms with E-state index in [1.807, 2.05) is 0 Å². The topological polar surface area (TPSA) is 58.2 Å². The molecule has 4 heteroatoms. The fourth-order valence-corrected chi connectivity index (χ4v) is 2.03. The minimum atomic E-state index is -0.0598. The van der Waals surface area contributed by atoms with Crippen LogP contribution in [0.1, 0.15) is 45.4 Å². The Morgan fingerprint density at radius 1 is 1.12 bits per heavy atom. The van der Waals surface area contributed by atoms with E-state index in [4.69, 9.17) is 0 Å². The van der Waals surface area contributed by atoms with E-state index in [0.717, 1.165) is 45.1 Å². The zero-order valence-electron chi connectivity index (χ0n) is 10.5. The predicted octanol–water partition coefficient (Wildman–Crippen LogP) is 1.21. The Kier molecular flexibility index (Phi) is 4.02. The van der Waals surface area contributed by atoms with Crippen molar-refractivity contribution < 1.29 is 9.59 Å². The molecule has 4 nitrogen and oxygen atoms in total. The quantitative estimate of drug-likeness (QED) is 0.655. The molecule has 0 aliphatic heterocycles. The van der Waals surface area contributed by atoms with E-state index in [0.29, 0.717) is 6.04 Å². The van der Waals surface area contributed by atoms with Gasteiger partial charge in [0.2, 0.25) is 11.8 Å². The summed E-state index contributed by atoms with van der Waals surface area (Å²) in [5.74, 6) is 0.0374. The number of hydrogen-bond donors (Lipinski definition) is 2. The molecule has 0 aromatic carbocycles. The third-order valence-corrected chi connectivity index (χ3v) is 3.47. The molecular weight excluding hydrogens is 216 g/mol. The highest BCUT2D eigenvalue weighted by atomic mass is 16.2. The van der Waals surface area contributed by atoms with E-state index in [1.165, 1.54) is 0 Å². The zero-order valence-corrected chi connectivity index (χ0v) is 10.5. The van der Waals surface area contributed by atoms with Gasteiger partial charge in [0.25, 0.3) is 0 Å². The van der Waals surface area contributed by atoms with Crippen LogP contribution < -0.4 is 10.6 Å². The van der Waals surface area contributed by atoms with Gasteiger partial charge in [-0.15, -0.1) is 0 Å². The van der Waals surface area contributed by atoms with Crippen LogP contribution in [0.3, 0.4) is 0 Å². The SMILES string of the molecule is CCCCCNC(=O)C1CC1C(=O)NC1CC1. The van der Waals surface area contributed by atoms with Crippen LogP contribution in [0.15, 0.2) is 0 Å². The first kappa shape index (κ1) is 12.4. The monoisotopic (exact) mass is 238 g/mol. The van der Waals surface area contributed by atoms with Crippen LogP contribution in [0.2, 0.25) is 0 Å². The number of carbonyl (C=O) groups is 2. The van der Waals surface area contributed by atoms with Gasteiger partial charge in [-0.2, -0.15) is 0 Å². The first-order valence-corrected chi connectivity index (χ1v) is 6.80. The highest BCUT2D eigenvalue weighted by Gasteiger charge is 2.48. The number of unbranched alkanes of at least 4 members (excludes halogenated alkanes) is 2. The molecule has 2 unspecified atom stereocenters. The molecule has 0 heterocycles. The Hall–Kier alpha value is -1.06. The summed E-state index contributed by atoms with van der Waals surface area (Å²) in [4.78, 5) is 23.3. The van der Waals surface area contributed by atoms with Gasteiger partial charge >= 0.3 is 0 Å². The molecule has 0 bridgehead atoms. The summed E-state index contributed by atoms with van der Waals surface area (Å²) in [6, 6.07) is 0.399. The zero-order chi connectivity index (χ0) is 12.3. The Bertz CT molecular complexity index is 300. The highest BCUT2D eigenvalue weighted by Crippen LogP contribution is 2.39. The second kappa shape index (κ2) is 5.52. The van der Waals surface area contributed by atoms with E-state index in [2.05, 4.69) is 17.6 Å². The summed E-state index contributed by atoms with van der Waals surface area (Å²) in [6.45, 7) is 2.89. The molecule has 2 aliphatic rings. The molecule has 2 rings (SSSR count). The normalized spacial score (nSPS) is 26.4. The summed E-state index contributed by atoms with van der Waals surface area (Å²) in [5, 5.41) is 5.87. The molecule has 2 saturated carbocycles. The predicted molar refractivity (Wildman–Crippen MR) is 65.3 cm³/mol. The van der Waals surface area contributed by atoms with Crippen LogP contribution in [0.25, 0.3) is 0 Å². The first-order valence-electron chi connectivity index (χ1n) is 6.80. The van der Waals surface area contributed by atoms with Crippen molar-refractivity contribution in [3.05, 3.63) is 0 Å². The van der Waals surface area contributed by atoms with Gasteiger partial charge in [0.05, 0.1) is 11.8 Å². The lowest BCUT2D eigenvalue weighted by atomic mass is 10.2. The van der Waals surface area contributed by atoms with Crippen LogP contribution in [-0.4, -0.2) is 24.4 Å². The Morgan fingerprint density at radius 3 is 2.47 bits per heavy atom. The Morgan fingerprint density at radius 2 is 1.82 bits per heavy atom. The van der Waals surface area contributed by atoms with E-state index in [-0.39, 0.29) is 23.7 Å². The van der Waals surface area contributed by atoms with Crippen molar-refractivity contribution >= 4 is 11.8 Å². The van der Waals surface area contributed by atoms with Crippen molar-refractivity contribution in [2.24, 2.45) is 11.8 Å². The van der Waals surface area contributed by atoms with Crippen LogP contribution in [-0.2, 0) is 9.59 Å². The molecule has 0 aromatic rings. The summed E-state index contributed by atoms with van der Waals surface area (Å²) in [6.07, 6.45) is 6.28. The summed E-state index contributed by atoms with van der Waals surface area (Å²) < 4.78 is 0. The number of carbonyl (C=O) groups excluding carboxylic acids is 2. The molecule has 2 amide bonds. The molecule has 2 fully saturated rings. The number of nitrogens with one attached hydrogen (secondary N) is 2. The van der Waals surface area contributed by atoms with E-state index in [9.17, 15) is 9.59 Å². The Balaban J connectivity index is 1.60. The number of rotatable bonds is 7. The van der Waals surface area contributed by atoms with Crippen LogP contribution in [0.4, 0.5) is 0 Å². The molecule has 2 atom stereocenters. The average molecular weight is 238 g/mol. The van der Waals surface area contributed by atoms with Gasteiger partial charge in [0, 0.05) is 12.6 Å². The second-order valence-corrected chi connectivity index (χ2v) is 5.23. The van der Waals surface area contributed by atoms with Gasteiger partial charge in [-0.3, -0.25) is 9.59 Å². The minimum Gasteiger partial charge on any atom is -0.356 e. The lowest BCUT2D eigenvalue weighted by molar-refractivity contribution is -0.127. The fraction of sp³-hybridized carbons (Fsp3) is 0.846. The van der Waals surface area contributed by atoms with Crippen molar-refractivity contribution in [2.45, 2.75) is 51.5 Å². The summed E-state index contributed by atoms with van der Waals surface area (Å²) in [5.41, 5.74) is 0. The van der Waals surface area contributed by atoms with Crippen molar-refractivity contribution in [1.29, 1.82) is 0 Å². The van der Waals surface area contributed by atoms with Gasteiger partial charge in [0.1, 0.15) is 0 Å². The van der Waals surface area contributed by atoms with Crippen molar-refractivity contribution in [3.8, 4) is 0 Å². The summed E-state index contributed by atoms with van der Waals surface area (Å²) in [7, 11) is 0. The standard InChI is InChI=1S/C13H22N2O2/c1-2-3-4-7-14-12(16)10-8-11(10)13(17)15-9-5-6-9/h9-11H,2-8H2,1H3,(H,14,16)(H,15,17). The van der Waals surface area contributed by atoms with Crippen molar-refractivity contribution in [3.63, 3.8) is 0 Å². The lowest BCUT2D eigenvalue weighted by Gasteiger charge is -2.04. The van der Waals surface area contributed by atoms with Crippen LogP contribution in [0.5, 0.6) is 0 Å². The maximum absolute atomic E-state index is 11.7. The molecule has 0 aromatic heterocycles. The third-order valence-electron chi connectivity index (χ3n) is 3.47. The smallest absolute Gasteiger partial charge is 0.224 e. The molecular formula is C13H22N2O2. The first-order chi connectivity index (χ1) is 8.22. The van der Waals surface area contributed by atoms with E-state index < -0.39 is 0 Å². The second-order valence-electron chi connectivity index (χ2n) is 5.23. The van der Waals surface area contributed by atoms with Gasteiger partial charge in [-0.1, -0.05) is 19.8 Å². The number of hydrogen-bond acceptors (Lipinski definition) is 2. The third kappa shape index (κ3) is 3.72. The van der Waals surface area contributed by atoms with Gasteiger partial charge < -0.3 is 10.6 Å². The van der Waals surface area contributed by atoms with Crippen molar-refractivity contribution in [1.82, 2.24) is 10.6 Å². The average Bonchev–Trinajstić information content (AvgIpc) is 3.14. The largest absolute Gasteiger partial charge is 0.356 e. The molecule has 96 valence electrons. The maximum atomic E-state index is 11.7. The Labute approximate surface area is 103 Å². The molecule has 0 saturated heterocycles.